The van der Waals surface area contributed by atoms with Crippen molar-refractivity contribution in [1.29, 1.82) is 0 Å². The zero-order chi connectivity index (χ0) is 29.2. The molecule has 11 nitrogen and oxygen atoms in total. The normalized spacial score (nSPS) is 12.8. The second-order valence-corrected chi connectivity index (χ2v) is 10.4. The van der Waals surface area contributed by atoms with Crippen LogP contribution < -0.4 is 10.6 Å². The maximum Gasteiger partial charge on any atom is 0.223 e. The zero-order valence-corrected chi connectivity index (χ0v) is 24.0. The van der Waals surface area contributed by atoms with Gasteiger partial charge in [-0.1, -0.05) is 98.8 Å². The van der Waals surface area contributed by atoms with Crippen molar-refractivity contribution in [3.63, 3.8) is 0 Å². The van der Waals surface area contributed by atoms with E-state index in [0.29, 0.717) is 37.7 Å². The first kappa shape index (κ1) is 29.6. The van der Waals surface area contributed by atoms with Crippen LogP contribution in [0.4, 0.5) is 0 Å². The molecule has 0 aliphatic rings. The molecule has 2 N–H and O–H groups in total. The lowest BCUT2D eigenvalue weighted by Gasteiger charge is -2.18. The van der Waals surface area contributed by atoms with Crippen LogP contribution >= 0.6 is 0 Å². The molecule has 2 heterocycles. The van der Waals surface area contributed by atoms with Gasteiger partial charge in [0.1, 0.15) is 11.4 Å². The first-order valence-electron chi connectivity index (χ1n) is 13.9. The molecule has 2 unspecified atom stereocenters. The highest BCUT2D eigenvalue weighted by Gasteiger charge is 2.22. The monoisotopic (exact) mass is 558 g/mol. The van der Waals surface area contributed by atoms with E-state index in [2.05, 4.69) is 31.3 Å². The van der Waals surface area contributed by atoms with Crippen molar-refractivity contribution < 1.29 is 14.3 Å². The highest BCUT2D eigenvalue weighted by atomic mass is 16.5. The molecule has 4 rings (SSSR count). The standard InChI is InChI=1S/C30H38N8O3/c1-21(2)29(39)31-27(23-11-7-5-8-12-23)25-19-37(35-33-25)15-17-41-18-16-38-20-26(34-36-38)28(32-30(40)22(3)4)24-13-9-6-10-14-24/h5-14,19-22,27-28H,15-18H2,1-4H3,(H,31,39)(H,32,40). The highest BCUT2D eigenvalue weighted by Crippen LogP contribution is 2.21. The molecule has 11 heteroatoms. The van der Waals surface area contributed by atoms with E-state index in [-0.39, 0.29) is 35.7 Å². The van der Waals surface area contributed by atoms with E-state index in [4.69, 9.17) is 4.74 Å². The van der Waals surface area contributed by atoms with Gasteiger partial charge in [0.25, 0.3) is 0 Å². The summed E-state index contributed by atoms with van der Waals surface area (Å²) in [6.45, 7) is 9.30. The number of nitrogens with one attached hydrogen (secondary N) is 2. The van der Waals surface area contributed by atoms with E-state index in [1.165, 1.54) is 0 Å². The number of hydrogen-bond acceptors (Lipinski definition) is 7. The van der Waals surface area contributed by atoms with Gasteiger partial charge in [0.15, 0.2) is 0 Å². The fourth-order valence-electron chi connectivity index (χ4n) is 4.09. The van der Waals surface area contributed by atoms with Crippen LogP contribution in [0.1, 0.15) is 62.3 Å². The number of rotatable bonds is 14. The van der Waals surface area contributed by atoms with Crippen LogP contribution in [0, 0.1) is 11.8 Å². The Morgan fingerprint density at radius 1 is 0.683 bits per heavy atom. The topological polar surface area (TPSA) is 129 Å². The van der Waals surface area contributed by atoms with Crippen molar-refractivity contribution in [2.75, 3.05) is 13.2 Å². The summed E-state index contributed by atoms with van der Waals surface area (Å²) in [6.07, 6.45) is 3.67. The smallest absolute Gasteiger partial charge is 0.223 e. The van der Waals surface area contributed by atoms with Crippen LogP contribution in [0.25, 0.3) is 0 Å². The Hall–Kier alpha value is -4.38. The van der Waals surface area contributed by atoms with E-state index in [0.717, 1.165) is 11.1 Å². The van der Waals surface area contributed by atoms with Crippen molar-refractivity contribution in [1.82, 2.24) is 40.6 Å². The van der Waals surface area contributed by atoms with Gasteiger partial charge in [-0.25, -0.2) is 9.36 Å². The van der Waals surface area contributed by atoms with E-state index >= 15 is 0 Å². The Morgan fingerprint density at radius 3 is 1.44 bits per heavy atom. The van der Waals surface area contributed by atoms with Gasteiger partial charge in [0.05, 0.1) is 50.8 Å². The predicted molar refractivity (Wildman–Crippen MR) is 153 cm³/mol. The van der Waals surface area contributed by atoms with E-state index < -0.39 is 0 Å². The van der Waals surface area contributed by atoms with Crippen LogP contribution in [0.2, 0.25) is 0 Å². The fraction of sp³-hybridized carbons (Fsp3) is 0.400. The van der Waals surface area contributed by atoms with Crippen molar-refractivity contribution in [2.24, 2.45) is 11.8 Å². The number of hydrogen-bond donors (Lipinski definition) is 2. The second-order valence-electron chi connectivity index (χ2n) is 10.4. The van der Waals surface area contributed by atoms with Gasteiger partial charge in [0, 0.05) is 11.8 Å². The Labute approximate surface area is 240 Å². The van der Waals surface area contributed by atoms with Crippen molar-refractivity contribution in [3.05, 3.63) is 95.6 Å². The highest BCUT2D eigenvalue weighted by molar-refractivity contribution is 5.79. The molecule has 0 bridgehead atoms. The summed E-state index contributed by atoms with van der Waals surface area (Å²) >= 11 is 0. The maximum atomic E-state index is 12.4. The lowest BCUT2D eigenvalue weighted by atomic mass is 10.0. The molecule has 4 aromatic rings. The molecular weight excluding hydrogens is 520 g/mol. The third kappa shape index (κ3) is 8.31. The number of ether oxygens (including phenoxy) is 1. The number of benzene rings is 2. The van der Waals surface area contributed by atoms with E-state index in [9.17, 15) is 9.59 Å². The summed E-state index contributed by atoms with van der Waals surface area (Å²) in [5.74, 6) is -0.390. The summed E-state index contributed by atoms with van der Waals surface area (Å²) in [4.78, 5) is 24.9. The average Bonchev–Trinajstić information content (AvgIpc) is 3.65. The molecule has 216 valence electrons. The van der Waals surface area contributed by atoms with Crippen molar-refractivity contribution >= 4 is 11.8 Å². The SMILES string of the molecule is CC(C)C(=O)NC(c1ccccc1)c1cn(CCOCCn2cc(C(NC(=O)C(C)C)c3ccccc3)nn2)nn1. The quantitative estimate of drug-likeness (QED) is 0.227. The Bertz CT molecular complexity index is 1280. The van der Waals surface area contributed by atoms with Gasteiger partial charge < -0.3 is 15.4 Å². The summed E-state index contributed by atoms with van der Waals surface area (Å²) in [7, 11) is 0. The minimum Gasteiger partial charge on any atom is -0.378 e. The molecule has 0 spiro atoms. The molecule has 0 radical (unpaired) electrons. The first-order chi connectivity index (χ1) is 19.8. The molecule has 0 aliphatic heterocycles. The Morgan fingerprint density at radius 2 is 1.07 bits per heavy atom. The van der Waals surface area contributed by atoms with Crippen LogP contribution in [0.5, 0.6) is 0 Å². The van der Waals surface area contributed by atoms with Crippen LogP contribution in [0.3, 0.4) is 0 Å². The van der Waals surface area contributed by atoms with Crippen molar-refractivity contribution in [3.8, 4) is 0 Å². The molecule has 2 amide bonds. The van der Waals surface area contributed by atoms with Crippen LogP contribution in [0.15, 0.2) is 73.1 Å². The molecule has 2 atom stereocenters. The molecule has 2 aromatic carbocycles. The number of nitrogens with zero attached hydrogens (tertiary/aromatic N) is 6. The molecule has 0 saturated heterocycles. The lowest BCUT2D eigenvalue weighted by molar-refractivity contribution is -0.125. The van der Waals surface area contributed by atoms with E-state index in [1.807, 2.05) is 101 Å². The molecular formula is C30H38N8O3. The number of carbonyl (C=O) groups excluding carboxylic acids is 2. The molecule has 0 saturated carbocycles. The third-order valence-corrected chi connectivity index (χ3v) is 6.52. The predicted octanol–water partition coefficient (Wildman–Crippen LogP) is 3.31. The van der Waals surface area contributed by atoms with Gasteiger partial charge in [-0.05, 0) is 11.1 Å². The van der Waals surface area contributed by atoms with Crippen molar-refractivity contribution in [2.45, 2.75) is 52.9 Å². The molecule has 2 aromatic heterocycles. The minimum atomic E-state index is -0.382. The first-order valence-corrected chi connectivity index (χ1v) is 13.9. The Balaban J connectivity index is 1.30. The summed E-state index contributed by atoms with van der Waals surface area (Å²) < 4.78 is 9.25. The van der Waals surface area contributed by atoms with Gasteiger partial charge in [-0.2, -0.15) is 0 Å². The van der Waals surface area contributed by atoms with Gasteiger partial charge in [-0.3, -0.25) is 9.59 Å². The van der Waals surface area contributed by atoms with E-state index in [1.54, 1.807) is 9.36 Å². The molecule has 0 aliphatic carbocycles. The molecule has 41 heavy (non-hydrogen) atoms. The summed E-state index contributed by atoms with van der Waals surface area (Å²) in [5, 5.41) is 23.2. The molecule has 0 fully saturated rings. The number of carbonyl (C=O) groups is 2. The largest absolute Gasteiger partial charge is 0.378 e. The average molecular weight is 559 g/mol. The second kappa shape index (κ2) is 14.3. The van der Waals surface area contributed by atoms with Crippen LogP contribution in [-0.4, -0.2) is 55.0 Å². The summed E-state index contributed by atoms with van der Waals surface area (Å²) in [5.41, 5.74) is 3.21. The maximum absolute atomic E-state index is 12.4. The van der Waals surface area contributed by atoms with Gasteiger partial charge >= 0.3 is 0 Å². The van der Waals surface area contributed by atoms with Gasteiger partial charge in [0.2, 0.25) is 11.8 Å². The number of amides is 2. The zero-order valence-electron chi connectivity index (χ0n) is 24.0. The number of aromatic nitrogens is 6. The lowest BCUT2D eigenvalue weighted by Crippen LogP contribution is -2.32. The third-order valence-electron chi connectivity index (χ3n) is 6.52. The van der Waals surface area contributed by atoms with Gasteiger partial charge in [-0.15, -0.1) is 10.2 Å². The summed E-state index contributed by atoms with van der Waals surface area (Å²) in [6, 6.07) is 18.7. The minimum absolute atomic E-state index is 0.0506. The fourth-order valence-corrected chi connectivity index (χ4v) is 4.09. The van der Waals surface area contributed by atoms with Crippen LogP contribution in [-0.2, 0) is 27.4 Å². The Kier molecular flexibility index (Phi) is 10.3.